The Balaban J connectivity index is 1.08. The van der Waals surface area contributed by atoms with Crippen molar-refractivity contribution in [3.8, 4) is 51.0 Å². The highest BCUT2D eigenvalue weighted by molar-refractivity contribution is 7.19. The van der Waals surface area contributed by atoms with Crippen LogP contribution in [0, 0.1) is 0 Å². The molecule has 0 radical (unpaired) electrons. The number of para-hydroxylation sites is 5. The van der Waals surface area contributed by atoms with Crippen molar-refractivity contribution in [2.45, 2.75) is 0 Å². The summed E-state index contributed by atoms with van der Waals surface area (Å²) >= 11 is 0. The van der Waals surface area contributed by atoms with Gasteiger partial charge in [-0.05, 0) is 56.6 Å². The molecular formula is C63H42N4OSi. The first-order chi connectivity index (χ1) is 34.2. The van der Waals surface area contributed by atoms with Crippen LogP contribution in [0.25, 0.3) is 94.7 Å². The highest BCUT2D eigenvalue weighted by Crippen LogP contribution is 2.41. The van der Waals surface area contributed by atoms with Crippen LogP contribution in [-0.2, 0) is 0 Å². The zero-order chi connectivity index (χ0) is 45.7. The molecule has 10 aromatic carbocycles. The molecule has 0 fully saturated rings. The molecule has 3 heterocycles. The molecule has 0 atom stereocenters. The zero-order valence-corrected chi connectivity index (χ0v) is 38.4. The Morgan fingerprint density at radius 3 is 1.42 bits per heavy atom. The van der Waals surface area contributed by atoms with Crippen LogP contribution in [0.5, 0.6) is 0 Å². The third-order valence-corrected chi connectivity index (χ3v) is 18.4. The van der Waals surface area contributed by atoms with E-state index in [9.17, 15) is 0 Å². The van der Waals surface area contributed by atoms with Gasteiger partial charge in [-0.3, -0.25) is 0 Å². The maximum atomic E-state index is 6.64. The van der Waals surface area contributed by atoms with Crippen LogP contribution in [-0.4, -0.2) is 27.6 Å². The highest BCUT2D eigenvalue weighted by atomic mass is 28.3. The number of fused-ring (bicyclic) bond motifs is 6. The van der Waals surface area contributed by atoms with Gasteiger partial charge >= 0.3 is 0 Å². The molecule has 0 bridgehead atoms. The van der Waals surface area contributed by atoms with E-state index >= 15 is 0 Å². The molecule has 0 N–H and O–H groups in total. The van der Waals surface area contributed by atoms with Gasteiger partial charge in [0, 0.05) is 43.8 Å². The molecule has 5 nitrogen and oxygen atoms in total. The molecule has 0 aliphatic rings. The minimum Gasteiger partial charge on any atom is -0.455 e. The Morgan fingerprint density at radius 2 is 0.768 bits per heavy atom. The number of benzene rings is 10. The molecule has 13 aromatic rings. The quantitative estimate of drug-likeness (QED) is 0.107. The van der Waals surface area contributed by atoms with E-state index in [0.29, 0.717) is 17.5 Å². The van der Waals surface area contributed by atoms with E-state index < -0.39 is 8.07 Å². The van der Waals surface area contributed by atoms with Crippen molar-refractivity contribution in [1.29, 1.82) is 0 Å². The molecule has 0 spiro atoms. The van der Waals surface area contributed by atoms with E-state index in [4.69, 9.17) is 19.4 Å². The van der Waals surface area contributed by atoms with Crippen LogP contribution < -0.4 is 20.7 Å². The predicted octanol–water partition coefficient (Wildman–Crippen LogP) is 12.9. The first-order valence-corrected chi connectivity index (χ1v) is 25.4. The second-order valence-electron chi connectivity index (χ2n) is 17.4. The van der Waals surface area contributed by atoms with E-state index in [1.807, 2.05) is 12.1 Å². The van der Waals surface area contributed by atoms with Gasteiger partial charge in [-0.25, -0.2) is 15.0 Å². The lowest BCUT2D eigenvalue weighted by Gasteiger charge is -2.34. The van der Waals surface area contributed by atoms with Crippen LogP contribution in [0.1, 0.15) is 0 Å². The van der Waals surface area contributed by atoms with Gasteiger partial charge in [0.05, 0.1) is 16.7 Å². The zero-order valence-electron chi connectivity index (χ0n) is 37.4. The first-order valence-electron chi connectivity index (χ1n) is 23.4. The molecule has 0 saturated carbocycles. The van der Waals surface area contributed by atoms with Gasteiger partial charge in [-0.1, -0.05) is 224 Å². The molecule has 0 aliphatic carbocycles. The van der Waals surface area contributed by atoms with Crippen molar-refractivity contribution in [2.24, 2.45) is 0 Å². The standard InChI is InChI=1S/C63H42N4OSi/c1-4-23-44(24-5-1)69(45-25-6-2-7-26-45,46-27-8-3-9-28-46)47-29-20-22-43(42-47)61-64-62(54-34-11-10-30-48(54)52-36-21-37-53-51-33-15-19-41-59(51)68-60(52)53)66-63(65-61)55-35-14-18-40-58(55)67-56-38-16-12-31-49(56)50-32-13-17-39-57(50)67/h1-42H. The van der Waals surface area contributed by atoms with E-state index in [2.05, 4.69) is 247 Å². The Hall–Kier alpha value is -8.97. The monoisotopic (exact) mass is 898 g/mol. The lowest BCUT2D eigenvalue weighted by molar-refractivity contribution is 0.670. The summed E-state index contributed by atoms with van der Waals surface area (Å²) < 4.78 is 8.99. The van der Waals surface area contributed by atoms with Crippen LogP contribution in [0.3, 0.4) is 0 Å². The summed E-state index contributed by atoms with van der Waals surface area (Å²) in [6, 6.07) is 90.7. The van der Waals surface area contributed by atoms with Crippen molar-refractivity contribution >= 4 is 72.6 Å². The lowest BCUT2D eigenvalue weighted by atomic mass is 9.97. The van der Waals surface area contributed by atoms with E-state index in [0.717, 1.165) is 66.5 Å². The highest BCUT2D eigenvalue weighted by Gasteiger charge is 2.41. The van der Waals surface area contributed by atoms with Gasteiger partial charge in [-0.2, -0.15) is 0 Å². The summed E-state index contributed by atoms with van der Waals surface area (Å²) in [5.41, 5.74) is 9.51. The van der Waals surface area contributed by atoms with Gasteiger partial charge in [0.25, 0.3) is 0 Å². The number of furan rings is 1. The number of aromatic nitrogens is 4. The second-order valence-corrected chi connectivity index (χ2v) is 21.3. The first kappa shape index (κ1) is 40.3. The summed E-state index contributed by atoms with van der Waals surface area (Å²) in [7, 11) is -2.90. The lowest BCUT2D eigenvalue weighted by Crippen LogP contribution is -2.74. The fraction of sp³-hybridized carbons (Fsp3) is 0. The summed E-state index contributed by atoms with van der Waals surface area (Å²) in [5.74, 6) is 1.73. The smallest absolute Gasteiger partial charge is 0.179 e. The maximum Gasteiger partial charge on any atom is 0.179 e. The van der Waals surface area contributed by atoms with Crippen molar-refractivity contribution in [3.63, 3.8) is 0 Å². The van der Waals surface area contributed by atoms with Crippen LogP contribution in [0.4, 0.5) is 0 Å². The molecular weight excluding hydrogens is 857 g/mol. The minimum atomic E-state index is -2.90. The Labute approximate surface area is 400 Å². The molecule has 0 aliphatic heterocycles. The van der Waals surface area contributed by atoms with Crippen molar-refractivity contribution in [1.82, 2.24) is 19.5 Å². The Kier molecular flexibility index (Phi) is 9.77. The van der Waals surface area contributed by atoms with E-state index in [1.165, 1.54) is 31.5 Å². The summed E-state index contributed by atoms with van der Waals surface area (Å²) in [6.07, 6.45) is 0. The van der Waals surface area contributed by atoms with Crippen molar-refractivity contribution in [2.75, 3.05) is 0 Å². The third-order valence-electron chi connectivity index (χ3n) is 13.6. The van der Waals surface area contributed by atoms with E-state index in [-0.39, 0.29) is 0 Å². The number of hydrogen-bond donors (Lipinski definition) is 0. The summed E-state index contributed by atoms with van der Waals surface area (Å²) in [4.78, 5) is 16.5. The predicted molar refractivity (Wildman–Crippen MR) is 287 cm³/mol. The molecule has 3 aromatic heterocycles. The number of hydrogen-bond acceptors (Lipinski definition) is 4. The van der Waals surface area contributed by atoms with Gasteiger partial charge in [-0.15, -0.1) is 0 Å². The van der Waals surface area contributed by atoms with Crippen molar-refractivity contribution < 1.29 is 4.42 Å². The average molecular weight is 899 g/mol. The van der Waals surface area contributed by atoms with Crippen molar-refractivity contribution in [3.05, 3.63) is 255 Å². The molecule has 13 rings (SSSR count). The van der Waals surface area contributed by atoms with E-state index in [1.54, 1.807) is 0 Å². The SMILES string of the molecule is c1ccc([Si](c2ccccc2)(c2ccccc2)c2cccc(-c3nc(-c4ccccc4-c4cccc5c4oc4ccccc45)nc(-c4ccccc4-n4c5ccccc5c5ccccc54)n3)c2)cc1. The number of nitrogens with zero attached hydrogens (tertiary/aromatic N) is 4. The fourth-order valence-corrected chi connectivity index (χ4v) is 15.4. The van der Waals surface area contributed by atoms with Crippen LogP contribution in [0.15, 0.2) is 259 Å². The van der Waals surface area contributed by atoms with Gasteiger partial charge in [0.15, 0.2) is 25.5 Å². The fourth-order valence-electron chi connectivity index (χ4n) is 10.6. The second kappa shape index (κ2) is 16.7. The van der Waals surface area contributed by atoms with Crippen LogP contribution in [0.2, 0.25) is 0 Å². The molecule has 0 amide bonds. The molecule has 0 unspecified atom stereocenters. The molecule has 0 saturated heterocycles. The topological polar surface area (TPSA) is 56.7 Å². The number of rotatable bonds is 9. The molecule has 324 valence electrons. The Bertz CT molecular complexity index is 3880. The van der Waals surface area contributed by atoms with Gasteiger partial charge in [0.2, 0.25) is 0 Å². The third kappa shape index (κ3) is 6.64. The minimum absolute atomic E-state index is 0.568. The summed E-state index contributed by atoms with van der Waals surface area (Å²) in [5, 5.41) is 9.64. The van der Waals surface area contributed by atoms with Gasteiger partial charge < -0.3 is 8.98 Å². The summed E-state index contributed by atoms with van der Waals surface area (Å²) in [6.45, 7) is 0. The largest absolute Gasteiger partial charge is 0.455 e. The normalized spacial score (nSPS) is 11.8. The average Bonchev–Trinajstić information content (AvgIpc) is 3.98. The van der Waals surface area contributed by atoms with Gasteiger partial charge in [0.1, 0.15) is 11.2 Å². The molecule has 6 heteroatoms. The maximum absolute atomic E-state index is 6.64. The van der Waals surface area contributed by atoms with Crippen LogP contribution >= 0.6 is 0 Å². The molecule has 69 heavy (non-hydrogen) atoms. The Morgan fingerprint density at radius 1 is 0.319 bits per heavy atom.